The van der Waals surface area contributed by atoms with Gasteiger partial charge in [0.15, 0.2) is 0 Å². The number of aromatic nitrogens is 2. The van der Waals surface area contributed by atoms with Gasteiger partial charge in [-0.3, -0.25) is 0 Å². The maximum Gasteiger partial charge on any atom is 0.258 e. The van der Waals surface area contributed by atoms with E-state index in [1.54, 1.807) is 6.07 Å². The summed E-state index contributed by atoms with van der Waals surface area (Å²) in [6, 6.07) is 11.9. The van der Waals surface area contributed by atoms with Crippen molar-refractivity contribution in [2.75, 3.05) is 12.4 Å². The quantitative estimate of drug-likeness (QED) is 0.786. The van der Waals surface area contributed by atoms with Crippen molar-refractivity contribution >= 4 is 17.3 Å². The molecule has 0 amide bonds. The van der Waals surface area contributed by atoms with Gasteiger partial charge in [-0.1, -0.05) is 16.8 Å². The summed E-state index contributed by atoms with van der Waals surface area (Å²) in [6.45, 7) is 0. The average Bonchev–Trinajstić information content (AvgIpc) is 3.00. The number of rotatable bonds is 3. The van der Waals surface area contributed by atoms with Gasteiger partial charge in [-0.2, -0.15) is 4.98 Å². The Hall–Kier alpha value is -2.40. The van der Waals surface area contributed by atoms with E-state index in [4.69, 9.17) is 16.1 Å². The molecule has 0 bridgehead atoms. The van der Waals surface area contributed by atoms with Crippen LogP contribution in [0, 0.1) is 5.82 Å². The molecule has 0 fully saturated rings. The summed E-state index contributed by atoms with van der Waals surface area (Å²) in [4.78, 5) is 4.30. The van der Waals surface area contributed by atoms with Gasteiger partial charge in [-0.15, -0.1) is 0 Å². The molecule has 0 aliphatic heterocycles. The van der Waals surface area contributed by atoms with Crippen LogP contribution in [-0.4, -0.2) is 17.2 Å². The molecule has 0 saturated carbocycles. The second kappa shape index (κ2) is 5.54. The lowest BCUT2D eigenvalue weighted by Gasteiger charge is -1.99. The van der Waals surface area contributed by atoms with E-state index in [9.17, 15) is 4.39 Å². The first kappa shape index (κ1) is 13.6. The Morgan fingerprint density at radius 3 is 2.48 bits per heavy atom. The van der Waals surface area contributed by atoms with Crippen molar-refractivity contribution in [3.8, 4) is 22.8 Å². The van der Waals surface area contributed by atoms with Crippen LogP contribution in [0.2, 0.25) is 5.02 Å². The third kappa shape index (κ3) is 2.73. The number of anilines is 1. The number of benzene rings is 2. The highest BCUT2D eigenvalue weighted by molar-refractivity contribution is 6.31. The highest BCUT2D eigenvalue weighted by atomic mass is 35.5. The molecule has 0 saturated heterocycles. The highest BCUT2D eigenvalue weighted by Gasteiger charge is 2.12. The lowest BCUT2D eigenvalue weighted by atomic mass is 10.2. The molecule has 1 aromatic heterocycles. The largest absolute Gasteiger partial charge is 0.388 e. The molecule has 0 unspecified atom stereocenters. The van der Waals surface area contributed by atoms with Gasteiger partial charge < -0.3 is 9.84 Å². The van der Waals surface area contributed by atoms with Crippen molar-refractivity contribution in [2.45, 2.75) is 0 Å². The zero-order valence-corrected chi connectivity index (χ0v) is 11.9. The van der Waals surface area contributed by atoms with Gasteiger partial charge >= 0.3 is 0 Å². The minimum atomic E-state index is -0.480. The fourth-order valence-corrected chi connectivity index (χ4v) is 2.05. The van der Waals surface area contributed by atoms with Crippen molar-refractivity contribution in [2.24, 2.45) is 0 Å². The summed E-state index contributed by atoms with van der Waals surface area (Å²) in [5.41, 5.74) is 2.40. The smallest absolute Gasteiger partial charge is 0.258 e. The Morgan fingerprint density at radius 1 is 1.10 bits per heavy atom. The molecule has 106 valence electrons. The van der Waals surface area contributed by atoms with Crippen LogP contribution in [0.1, 0.15) is 0 Å². The molecule has 6 heteroatoms. The van der Waals surface area contributed by atoms with Crippen molar-refractivity contribution in [1.82, 2.24) is 10.1 Å². The summed E-state index contributed by atoms with van der Waals surface area (Å²) in [5, 5.41) is 6.95. The van der Waals surface area contributed by atoms with E-state index >= 15 is 0 Å². The van der Waals surface area contributed by atoms with E-state index in [-0.39, 0.29) is 5.02 Å². The van der Waals surface area contributed by atoms with E-state index in [0.717, 1.165) is 11.3 Å². The van der Waals surface area contributed by atoms with Crippen LogP contribution >= 0.6 is 11.6 Å². The molecule has 21 heavy (non-hydrogen) atoms. The monoisotopic (exact) mass is 303 g/mol. The molecule has 0 atom stereocenters. The maximum absolute atomic E-state index is 13.2. The van der Waals surface area contributed by atoms with Crippen molar-refractivity contribution in [1.29, 1.82) is 0 Å². The fourth-order valence-electron chi connectivity index (χ4n) is 1.87. The first-order valence-corrected chi connectivity index (χ1v) is 6.62. The summed E-state index contributed by atoms with van der Waals surface area (Å²) >= 11 is 5.75. The first-order chi connectivity index (χ1) is 10.2. The lowest BCUT2D eigenvalue weighted by Crippen LogP contribution is -1.87. The summed E-state index contributed by atoms with van der Waals surface area (Å²) in [7, 11) is 1.85. The number of nitrogens with zero attached hydrogens (tertiary/aromatic N) is 2. The Balaban J connectivity index is 1.93. The summed E-state index contributed by atoms with van der Waals surface area (Å²) in [5.74, 6) is 0.282. The van der Waals surface area contributed by atoms with Gasteiger partial charge in [-0.05, 0) is 42.5 Å². The van der Waals surface area contributed by atoms with Crippen molar-refractivity contribution in [3.63, 3.8) is 0 Å². The van der Waals surface area contributed by atoms with E-state index in [2.05, 4.69) is 15.5 Å². The molecule has 0 spiro atoms. The van der Waals surface area contributed by atoms with E-state index in [1.165, 1.54) is 12.1 Å². The molecule has 0 radical (unpaired) electrons. The van der Waals surface area contributed by atoms with Crippen LogP contribution in [-0.2, 0) is 0 Å². The predicted molar refractivity (Wildman–Crippen MR) is 79.7 cm³/mol. The zero-order chi connectivity index (χ0) is 14.8. The van der Waals surface area contributed by atoms with Crippen molar-refractivity contribution in [3.05, 3.63) is 53.3 Å². The molecule has 4 nitrogen and oxygen atoms in total. The van der Waals surface area contributed by atoms with Gasteiger partial charge in [0.1, 0.15) is 5.82 Å². The second-order valence-corrected chi connectivity index (χ2v) is 4.79. The van der Waals surface area contributed by atoms with Gasteiger partial charge in [0.05, 0.1) is 5.02 Å². The summed E-state index contributed by atoms with van der Waals surface area (Å²) in [6.07, 6.45) is 0. The molecular weight excluding hydrogens is 293 g/mol. The molecule has 1 heterocycles. The third-order valence-corrected chi connectivity index (χ3v) is 3.31. The average molecular weight is 304 g/mol. The number of hydrogen-bond acceptors (Lipinski definition) is 4. The lowest BCUT2D eigenvalue weighted by molar-refractivity contribution is 0.432. The van der Waals surface area contributed by atoms with Gasteiger partial charge in [0, 0.05) is 23.9 Å². The van der Waals surface area contributed by atoms with Crippen LogP contribution < -0.4 is 5.32 Å². The maximum atomic E-state index is 13.2. The fraction of sp³-hybridized carbons (Fsp3) is 0.0667. The third-order valence-electron chi connectivity index (χ3n) is 3.02. The van der Waals surface area contributed by atoms with E-state index in [0.29, 0.717) is 17.3 Å². The normalized spacial score (nSPS) is 10.6. The minimum absolute atomic E-state index is 0.0252. The SMILES string of the molecule is CNc1ccc(-c2nc(-c3ccc(F)c(Cl)c3)no2)cc1. The van der Waals surface area contributed by atoms with Crippen LogP contribution in [0.3, 0.4) is 0 Å². The first-order valence-electron chi connectivity index (χ1n) is 6.24. The second-order valence-electron chi connectivity index (χ2n) is 4.38. The molecule has 0 aliphatic rings. The number of hydrogen-bond donors (Lipinski definition) is 1. The molecule has 3 rings (SSSR count). The standard InChI is InChI=1S/C15H11ClFN3O/c1-18-11-5-2-9(3-6-11)15-19-14(20-21-15)10-4-7-13(17)12(16)8-10/h2-8,18H,1H3. The summed E-state index contributed by atoms with van der Waals surface area (Å²) < 4.78 is 18.4. The molecule has 2 aromatic carbocycles. The number of nitrogens with one attached hydrogen (secondary N) is 1. The van der Waals surface area contributed by atoms with E-state index < -0.39 is 5.82 Å². The van der Waals surface area contributed by atoms with E-state index in [1.807, 2.05) is 31.3 Å². The Bertz CT molecular complexity index is 771. The van der Waals surface area contributed by atoms with Gasteiger partial charge in [-0.25, -0.2) is 4.39 Å². The Labute approximate surface area is 125 Å². The topological polar surface area (TPSA) is 51.0 Å². The zero-order valence-electron chi connectivity index (χ0n) is 11.1. The highest BCUT2D eigenvalue weighted by Crippen LogP contribution is 2.26. The molecule has 3 aromatic rings. The van der Waals surface area contributed by atoms with Crippen LogP contribution in [0.25, 0.3) is 22.8 Å². The van der Waals surface area contributed by atoms with Gasteiger partial charge in [0.25, 0.3) is 5.89 Å². The minimum Gasteiger partial charge on any atom is -0.388 e. The van der Waals surface area contributed by atoms with Gasteiger partial charge in [0.2, 0.25) is 5.82 Å². The molecular formula is C15H11ClFN3O. The molecule has 1 N–H and O–H groups in total. The Kier molecular flexibility index (Phi) is 3.58. The van der Waals surface area contributed by atoms with Crippen LogP contribution in [0.4, 0.5) is 10.1 Å². The predicted octanol–water partition coefficient (Wildman–Crippen LogP) is 4.24. The van der Waals surface area contributed by atoms with Crippen LogP contribution in [0.15, 0.2) is 47.0 Å². The van der Waals surface area contributed by atoms with Crippen LogP contribution in [0.5, 0.6) is 0 Å². The molecule has 0 aliphatic carbocycles. The van der Waals surface area contributed by atoms with Crippen molar-refractivity contribution < 1.29 is 8.91 Å². The number of halogens is 2. The Morgan fingerprint density at radius 2 is 1.81 bits per heavy atom.